The molecule has 0 radical (unpaired) electrons. The third-order valence-corrected chi connectivity index (χ3v) is 3.18. The van der Waals surface area contributed by atoms with Crippen LogP contribution in [0.15, 0.2) is 0 Å². The van der Waals surface area contributed by atoms with Gasteiger partial charge in [0.2, 0.25) is 0 Å². The van der Waals surface area contributed by atoms with E-state index in [1.807, 2.05) is 6.92 Å². The van der Waals surface area contributed by atoms with Crippen molar-refractivity contribution in [3.63, 3.8) is 0 Å². The topological polar surface area (TPSA) is 40.5 Å². The minimum absolute atomic E-state index is 0.177. The van der Waals surface area contributed by atoms with Crippen molar-refractivity contribution in [3.8, 4) is 0 Å². The summed E-state index contributed by atoms with van der Waals surface area (Å²) < 4.78 is 0. The zero-order valence-corrected chi connectivity index (χ0v) is 9.20. The first-order valence-corrected chi connectivity index (χ1v) is 5.51. The van der Waals surface area contributed by atoms with Crippen molar-refractivity contribution in [3.05, 3.63) is 0 Å². The first-order chi connectivity index (χ1) is 6.59. The van der Waals surface area contributed by atoms with Crippen molar-refractivity contribution in [2.45, 2.75) is 32.6 Å². The Morgan fingerprint density at radius 3 is 2.86 bits per heavy atom. The molecule has 1 rings (SSSR count). The molecule has 1 aliphatic heterocycles. The van der Waals surface area contributed by atoms with Crippen LogP contribution in [-0.2, 0) is 4.79 Å². The Balaban J connectivity index is 2.33. The zero-order valence-electron chi connectivity index (χ0n) is 9.20. The second kappa shape index (κ2) is 5.35. The number of nitrogens with zero attached hydrogens (tertiary/aromatic N) is 1. The van der Waals surface area contributed by atoms with Gasteiger partial charge in [0.25, 0.3) is 0 Å². The Morgan fingerprint density at radius 2 is 2.21 bits per heavy atom. The number of likely N-dealkylation sites (tertiary alicyclic amines) is 1. The van der Waals surface area contributed by atoms with Gasteiger partial charge in [-0.2, -0.15) is 0 Å². The molecule has 14 heavy (non-hydrogen) atoms. The summed E-state index contributed by atoms with van der Waals surface area (Å²) >= 11 is 0. The fourth-order valence-corrected chi connectivity index (χ4v) is 2.15. The van der Waals surface area contributed by atoms with E-state index in [4.69, 9.17) is 5.11 Å². The predicted octanol–water partition coefficient (Wildman–Crippen LogP) is 1.83. The van der Waals surface area contributed by atoms with Gasteiger partial charge in [-0.15, -0.1) is 0 Å². The van der Waals surface area contributed by atoms with Crippen LogP contribution in [-0.4, -0.2) is 36.1 Å². The summed E-state index contributed by atoms with van der Waals surface area (Å²) in [4.78, 5) is 13.1. The van der Waals surface area contributed by atoms with Crippen molar-refractivity contribution in [1.29, 1.82) is 0 Å². The van der Waals surface area contributed by atoms with Crippen LogP contribution in [0.3, 0.4) is 0 Å². The quantitative estimate of drug-likeness (QED) is 0.754. The van der Waals surface area contributed by atoms with Gasteiger partial charge in [0.05, 0.1) is 5.92 Å². The lowest BCUT2D eigenvalue weighted by atomic mass is 9.90. The zero-order chi connectivity index (χ0) is 10.6. The lowest BCUT2D eigenvalue weighted by molar-refractivity contribution is -0.141. The number of rotatable bonds is 3. The monoisotopic (exact) mass is 199 g/mol. The van der Waals surface area contributed by atoms with Gasteiger partial charge in [-0.3, -0.25) is 4.79 Å². The molecule has 1 heterocycles. The molecule has 0 saturated carbocycles. The van der Waals surface area contributed by atoms with Gasteiger partial charge in [0, 0.05) is 0 Å². The SMILES string of the molecule is CC(CC1CCCN(C)CC1)C(=O)O. The summed E-state index contributed by atoms with van der Waals surface area (Å²) in [6.07, 6.45) is 4.42. The molecule has 0 spiro atoms. The average Bonchev–Trinajstić information content (AvgIpc) is 2.31. The average molecular weight is 199 g/mol. The predicted molar refractivity (Wildman–Crippen MR) is 56.3 cm³/mol. The van der Waals surface area contributed by atoms with Crippen LogP contribution in [0.25, 0.3) is 0 Å². The minimum Gasteiger partial charge on any atom is -0.481 e. The third-order valence-electron chi connectivity index (χ3n) is 3.18. The summed E-state index contributed by atoms with van der Waals surface area (Å²) in [7, 11) is 2.14. The van der Waals surface area contributed by atoms with Crippen molar-refractivity contribution in [1.82, 2.24) is 4.90 Å². The van der Waals surface area contributed by atoms with Crippen LogP contribution < -0.4 is 0 Å². The third kappa shape index (κ3) is 3.66. The lowest BCUT2D eigenvalue weighted by Gasteiger charge is -2.16. The van der Waals surface area contributed by atoms with Crippen LogP contribution in [0.4, 0.5) is 0 Å². The van der Waals surface area contributed by atoms with E-state index < -0.39 is 5.97 Å². The van der Waals surface area contributed by atoms with Gasteiger partial charge < -0.3 is 10.0 Å². The number of hydrogen-bond donors (Lipinski definition) is 1. The van der Waals surface area contributed by atoms with E-state index in [0.29, 0.717) is 5.92 Å². The van der Waals surface area contributed by atoms with Gasteiger partial charge >= 0.3 is 5.97 Å². The second-order valence-corrected chi connectivity index (χ2v) is 4.58. The highest BCUT2D eigenvalue weighted by atomic mass is 16.4. The molecular weight excluding hydrogens is 178 g/mol. The molecule has 82 valence electrons. The standard InChI is InChI=1S/C11H21NO2/c1-9(11(13)14)8-10-4-3-6-12(2)7-5-10/h9-10H,3-8H2,1-2H3,(H,13,14). The summed E-state index contributed by atoms with van der Waals surface area (Å²) in [5.74, 6) is -0.211. The van der Waals surface area contributed by atoms with E-state index in [-0.39, 0.29) is 5.92 Å². The molecule has 0 bridgehead atoms. The maximum atomic E-state index is 10.7. The summed E-state index contributed by atoms with van der Waals surface area (Å²) in [6.45, 7) is 4.10. The van der Waals surface area contributed by atoms with Crippen molar-refractivity contribution >= 4 is 5.97 Å². The van der Waals surface area contributed by atoms with E-state index in [9.17, 15) is 4.79 Å². The molecule has 0 aromatic carbocycles. The first-order valence-electron chi connectivity index (χ1n) is 5.51. The molecule has 0 aliphatic carbocycles. The fourth-order valence-electron chi connectivity index (χ4n) is 2.15. The summed E-state index contributed by atoms with van der Waals surface area (Å²) in [5, 5.41) is 8.82. The fraction of sp³-hybridized carbons (Fsp3) is 0.909. The molecular formula is C11H21NO2. The lowest BCUT2D eigenvalue weighted by Crippen LogP contribution is -2.19. The van der Waals surface area contributed by atoms with E-state index in [1.165, 1.54) is 12.8 Å². The molecule has 1 saturated heterocycles. The maximum absolute atomic E-state index is 10.7. The van der Waals surface area contributed by atoms with Gasteiger partial charge in [-0.05, 0) is 51.7 Å². The first kappa shape index (κ1) is 11.5. The Bertz CT molecular complexity index is 194. The van der Waals surface area contributed by atoms with Crippen LogP contribution in [0, 0.1) is 11.8 Å². The second-order valence-electron chi connectivity index (χ2n) is 4.58. The molecule has 0 aromatic rings. The molecule has 2 unspecified atom stereocenters. The van der Waals surface area contributed by atoms with E-state index >= 15 is 0 Å². The summed E-state index contributed by atoms with van der Waals surface area (Å²) in [5.41, 5.74) is 0. The van der Waals surface area contributed by atoms with E-state index in [0.717, 1.165) is 25.9 Å². The van der Waals surface area contributed by atoms with Crippen molar-refractivity contribution < 1.29 is 9.90 Å². The molecule has 1 fully saturated rings. The molecule has 1 N–H and O–H groups in total. The van der Waals surface area contributed by atoms with Gasteiger partial charge in [0.1, 0.15) is 0 Å². The molecule has 0 amide bonds. The Labute approximate surface area is 86.1 Å². The highest BCUT2D eigenvalue weighted by Crippen LogP contribution is 2.23. The smallest absolute Gasteiger partial charge is 0.306 e. The normalized spacial score (nSPS) is 26.9. The minimum atomic E-state index is -0.650. The largest absolute Gasteiger partial charge is 0.481 e. The Hall–Kier alpha value is -0.570. The van der Waals surface area contributed by atoms with E-state index in [1.54, 1.807) is 0 Å². The molecule has 2 atom stereocenters. The molecule has 1 aliphatic rings. The van der Waals surface area contributed by atoms with Gasteiger partial charge in [0.15, 0.2) is 0 Å². The van der Waals surface area contributed by atoms with Crippen LogP contribution in [0.5, 0.6) is 0 Å². The number of carboxylic acids is 1. The van der Waals surface area contributed by atoms with Gasteiger partial charge in [-0.25, -0.2) is 0 Å². The summed E-state index contributed by atoms with van der Waals surface area (Å²) in [6, 6.07) is 0. The number of hydrogen-bond acceptors (Lipinski definition) is 2. The molecule has 0 aromatic heterocycles. The Kier molecular flexibility index (Phi) is 4.39. The van der Waals surface area contributed by atoms with Crippen molar-refractivity contribution in [2.75, 3.05) is 20.1 Å². The highest BCUT2D eigenvalue weighted by Gasteiger charge is 2.20. The Morgan fingerprint density at radius 1 is 1.50 bits per heavy atom. The number of carbonyl (C=O) groups is 1. The van der Waals surface area contributed by atoms with Crippen molar-refractivity contribution in [2.24, 2.45) is 11.8 Å². The molecule has 3 heteroatoms. The number of carboxylic acid groups (broad SMARTS) is 1. The van der Waals surface area contributed by atoms with Crippen LogP contribution >= 0.6 is 0 Å². The molecule has 3 nitrogen and oxygen atoms in total. The highest BCUT2D eigenvalue weighted by molar-refractivity contribution is 5.69. The van der Waals surface area contributed by atoms with Crippen LogP contribution in [0.2, 0.25) is 0 Å². The number of aliphatic carboxylic acids is 1. The maximum Gasteiger partial charge on any atom is 0.306 e. The van der Waals surface area contributed by atoms with Crippen LogP contribution in [0.1, 0.15) is 32.6 Å². The van der Waals surface area contributed by atoms with E-state index in [2.05, 4.69) is 11.9 Å². The van der Waals surface area contributed by atoms with Gasteiger partial charge in [-0.1, -0.05) is 6.92 Å².